The van der Waals surface area contributed by atoms with Gasteiger partial charge in [0, 0.05) is 24.1 Å². The molecule has 1 N–H and O–H groups in total. The molecule has 0 amide bonds. The number of nitrogens with one attached hydrogen (secondary N) is 1. The van der Waals surface area contributed by atoms with Gasteiger partial charge in [0.25, 0.3) is 0 Å². The number of nitriles is 1. The SMILES string of the molecule is N#Cc1cc(Br)ccc1N1CCCNCC1. The fraction of sp³-hybridized carbons (Fsp3) is 0.417. The molecule has 0 aliphatic carbocycles. The summed E-state index contributed by atoms with van der Waals surface area (Å²) in [4.78, 5) is 2.28. The summed E-state index contributed by atoms with van der Waals surface area (Å²) in [5.74, 6) is 0. The molecule has 1 aromatic carbocycles. The van der Waals surface area contributed by atoms with E-state index in [4.69, 9.17) is 5.26 Å². The lowest BCUT2D eigenvalue weighted by Gasteiger charge is -2.23. The molecule has 0 atom stereocenters. The molecule has 1 fully saturated rings. The number of anilines is 1. The molecule has 1 aromatic rings. The fourth-order valence-corrected chi connectivity index (χ4v) is 2.32. The third-order valence-electron chi connectivity index (χ3n) is 2.76. The zero-order valence-corrected chi connectivity index (χ0v) is 10.6. The van der Waals surface area contributed by atoms with Crippen molar-refractivity contribution in [2.45, 2.75) is 6.42 Å². The van der Waals surface area contributed by atoms with Crippen LogP contribution < -0.4 is 10.2 Å². The van der Waals surface area contributed by atoms with E-state index in [-0.39, 0.29) is 0 Å². The normalized spacial score (nSPS) is 16.6. The van der Waals surface area contributed by atoms with Crippen LogP contribution in [0.4, 0.5) is 5.69 Å². The second kappa shape index (κ2) is 5.33. The van der Waals surface area contributed by atoms with Gasteiger partial charge in [0.1, 0.15) is 6.07 Å². The largest absolute Gasteiger partial charge is 0.369 e. The minimum Gasteiger partial charge on any atom is -0.369 e. The Morgan fingerprint density at radius 2 is 2.19 bits per heavy atom. The fourth-order valence-electron chi connectivity index (χ4n) is 1.96. The van der Waals surface area contributed by atoms with Crippen LogP contribution in [0.3, 0.4) is 0 Å². The van der Waals surface area contributed by atoms with Gasteiger partial charge in [-0.25, -0.2) is 0 Å². The number of benzene rings is 1. The molecule has 1 saturated heterocycles. The maximum Gasteiger partial charge on any atom is 0.101 e. The van der Waals surface area contributed by atoms with Crippen molar-refractivity contribution in [3.8, 4) is 6.07 Å². The third kappa shape index (κ3) is 2.55. The summed E-state index contributed by atoms with van der Waals surface area (Å²) in [6.45, 7) is 4.04. The molecule has 2 rings (SSSR count). The van der Waals surface area contributed by atoms with E-state index < -0.39 is 0 Å². The molecule has 0 spiro atoms. The molecular formula is C12H14BrN3. The lowest BCUT2D eigenvalue weighted by atomic mass is 10.1. The van der Waals surface area contributed by atoms with Crippen molar-refractivity contribution in [1.82, 2.24) is 5.32 Å². The predicted molar refractivity (Wildman–Crippen MR) is 68.6 cm³/mol. The maximum atomic E-state index is 9.13. The summed E-state index contributed by atoms with van der Waals surface area (Å²) < 4.78 is 0.959. The van der Waals surface area contributed by atoms with Crippen molar-refractivity contribution < 1.29 is 0 Å². The molecule has 3 nitrogen and oxygen atoms in total. The standard InChI is InChI=1S/C12H14BrN3/c13-11-2-3-12(10(8-11)9-14)16-6-1-4-15-5-7-16/h2-3,8,15H,1,4-7H2. The first-order valence-electron chi connectivity index (χ1n) is 5.46. The van der Waals surface area contributed by atoms with E-state index in [9.17, 15) is 0 Å². The number of hydrogen-bond donors (Lipinski definition) is 1. The van der Waals surface area contributed by atoms with E-state index in [1.54, 1.807) is 0 Å². The minimum absolute atomic E-state index is 0.747. The van der Waals surface area contributed by atoms with Crippen molar-refractivity contribution in [1.29, 1.82) is 5.26 Å². The number of hydrogen-bond acceptors (Lipinski definition) is 3. The molecule has 0 aromatic heterocycles. The summed E-state index contributed by atoms with van der Waals surface area (Å²) in [6, 6.07) is 8.16. The van der Waals surface area contributed by atoms with Crippen LogP contribution in [-0.4, -0.2) is 26.2 Å². The van der Waals surface area contributed by atoms with Gasteiger partial charge in [-0.05, 0) is 31.2 Å². The Balaban J connectivity index is 2.28. The second-order valence-electron chi connectivity index (χ2n) is 3.86. The summed E-state index contributed by atoms with van der Waals surface area (Å²) >= 11 is 3.39. The summed E-state index contributed by atoms with van der Waals surface area (Å²) in [5.41, 5.74) is 1.80. The van der Waals surface area contributed by atoms with Crippen LogP contribution in [-0.2, 0) is 0 Å². The van der Waals surface area contributed by atoms with E-state index in [0.717, 1.165) is 48.3 Å². The first-order valence-corrected chi connectivity index (χ1v) is 6.26. The highest BCUT2D eigenvalue weighted by atomic mass is 79.9. The second-order valence-corrected chi connectivity index (χ2v) is 4.78. The van der Waals surface area contributed by atoms with Crippen molar-refractivity contribution in [3.63, 3.8) is 0 Å². The topological polar surface area (TPSA) is 39.1 Å². The van der Waals surface area contributed by atoms with Crippen molar-refractivity contribution in [2.75, 3.05) is 31.1 Å². The average molecular weight is 280 g/mol. The van der Waals surface area contributed by atoms with Crippen LogP contribution in [0.2, 0.25) is 0 Å². The van der Waals surface area contributed by atoms with Crippen LogP contribution in [0.5, 0.6) is 0 Å². The van der Waals surface area contributed by atoms with E-state index in [2.05, 4.69) is 32.2 Å². The number of rotatable bonds is 1. The first-order chi connectivity index (χ1) is 7.81. The highest BCUT2D eigenvalue weighted by molar-refractivity contribution is 9.10. The summed E-state index contributed by atoms with van der Waals surface area (Å²) in [5, 5.41) is 12.5. The first kappa shape index (κ1) is 11.4. The van der Waals surface area contributed by atoms with E-state index in [1.807, 2.05) is 18.2 Å². The van der Waals surface area contributed by atoms with Crippen molar-refractivity contribution >= 4 is 21.6 Å². The Labute approximate surface area is 104 Å². The van der Waals surface area contributed by atoms with Crippen LogP contribution in [0.25, 0.3) is 0 Å². The molecule has 0 bridgehead atoms. The van der Waals surface area contributed by atoms with Gasteiger partial charge in [0.2, 0.25) is 0 Å². The van der Waals surface area contributed by atoms with Gasteiger partial charge in [0.05, 0.1) is 11.3 Å². The predicted octanol–water partition coefficient (Wildman–Crippen LogP) is 2.12. The average Bonchev–Trinajstić information content (AvgIpc) is 2.57. The van der Waals surface area contributed by atoms with Gasteiger partial charge < -0.3 is 10.2 Å². The quantitative estimate of drug-likeness (QED) is 0.856. The van der Waals surface area contributed by atoms with E-state index in [1.165, 1.54) is 0 Å². The number of nitrogens with zero attached hydrogens (tertiary/aromatic N) is 2. The maximum absolute atomic E-state index is 9.13. The molecule has 1 aliphatic heterocycles. The van der Waals surface area contributed by atoms with Gasteiger partial charge in [-0.3, -0.25) is 0 Å². The Morgan fingerprint density at radius 3 is 3.00 bits per heavy atom. The zero-order valence-electron chi connectivity index (χ0n) is 9.04. The van der Waals surface area contributed by atoms with Crippen LogP contribution in [0.15, 0.2) is 22.7 Å². The smallest absolute Gasteiger partial charge is 0.101 e. The highest BCUT2D eigenvalue weighted by Gasteiger charge is 2.13. The number of halogens is 1. The van der Waals surface area contributed by atoms with Crippen LogP contribution >= 0.6 is 15.9 Å². The van der Waals surface area contributed by atoms with Crippen LogP contribution in [0, 0.1) is 11.3 Å². The lowest BCUT2D eigenvalue weighted by Crippen LogP contribution is -2.28. The van der Waals surface area contributed by atoms with Gasteiger partial charge in [-0.2, -0.15) is 5.26 Å². The summed E-state index contributed by atoms with van der Waals surface area (Å²) in [7, 11) is 0. The Hall–Kier alpha value is -1.05. The Morgan fingerprint density at radius 1 is 1.31 bits per heavy atom. The molecule has 84 valence electrons. The summed E-state index contributed by atoms with van der Waals surface area (Å²) in [6.07, 6.45) is 1.13. The van der Waals surface area contributed by atoms with Crippen molar-refractivity contribution in [3.05, 3.63) is 28.2 Å². The van der Waals surface area contributed by atoms with Crippen LogP contribution in [0.1, 0.15) is 12.0 Å². The van der Waals surface area contributed by atoms with E-state index in [0.29, 0.717) is 0 Å². The monoisotopic (exact) mass is 279 g/mol. The molecule has 4 heteroatoms. The lowest BCUT2D eigenvalue weighted by molar-refractivity contribution is 0.724. The molecule has 1 aliphatic rings. The zero-order chi connectivity index (χ0) is 11.4. The Bertz CT molecular complexity index is 403. The molecular weight excluding hydrogens is 266 g/mol. The van der Waals surface area contributed by atoms with Crippen molar-refractivity contribution in [2.24, 2.45) is 0 Å². The third-order valence-corrected chi connectivity index (χ3v) is 3.25. The van der Waals surface area contributed by atoms with Gasteiger partial charge in [0.15, 0.2) is 0 Å². The molecule has 16 heavy (non-hydrogen) atoms. The van der Waals surface area contributed by atoms with Gasteiger partial charge in [-0.1, -0.05) is 15.9 Å². The van der Waals surface area contributed by atoms with E-state index >= 15 is 0 Å². The minimum atomic E-state index is 0.747. The molecule has 0 unspecified atom stereocenters. The van der Waals surface area contributed by atoms with Gasteiger partial charge >= 0.3 is 0 Å². The Kier molecular flexibility index (Phi) is 3.81. The highest BCUT2D eigenvalue weighted by Crippen LogP contribution is 2.24. The van der Waals surface area contributed by atoms with Gasteiger partial charge in [-0.15, -0.1) is 0 Å². The molecule has 0 saturated carbocycles. The molecule has 1 heterocycles. The molecule has 0 radical (unpaired) electrons.